The first-order valence-electron chi connectivity index (χ1n) is 6.21. The van der Waals surface area contributed by atoms with E-state index in [1.807, 2.05) is 7.05 Å². The molecule has 1 saturated heterocycles. The van der Waals surface area contributed by atoms with Crippen molar-refractivity contribution >= 4 is 10.0 Å². The molecule has 1 atom stereocenters. The van der Waals surface area contributed by atoms with Gasteiger partial charge in [0.15, 0.2) is 5.03 Å². The second-order valence-electron chi connectivity index (χ2n) is 4.57. The molecule has 1 N–H and O–H groups in total. The van der Waals surface area contributed by atoms with Crippen LogP contribution in [0.2, 0.25) is 0 Å². The molecule has 1 aromatic rings. The Labute approximate surface area is 113 Å². The Kier molecular flexibility index (Phi) is 4.51. The summed E-state index contributed by atoms with van der Waals surface area (Å²) >= 11 is 0. The molecule has 2 heterocycles. The Balaban J connectivity index is 2.18. The van der Waals surface area contributed by atoms with Crippen molar-refractivity contribution in [3.05, 3.63) is 23.9 Å². The summed E-state index contributed by atoms with van der Waals surface area (Å²) in [4.78, 5) is 4.05. The Morgan fingerprint density at radius 1 is 1.53 bits per heavy atom. The van der Waals surface area contributed by atoms with Gasteiger partial charge in [-0.1, -0.05) is 6.07 Å². The van der Waals surface area contributed by atoms with Gasteiger partial charge in [-0.05, 0) is 25.1 Å². The standard InChI is InChI=1S/C12H19N3O3S/c1-13-7-10-3-4-12(14-8-10)19(16,17)15(2)11-5-6-18-9-11/h3-4,8,11,13H,5-7,9H2,1-2H3. The van der Waals surface area contributed by atoms with Crippen LogP contribution in [0, 0.1) is 0 Å². The summed E-state index contributed by atoms with van der Waals surface area (Å²) < 4.78 is 31.3. The summed E-state index contributed by atoms with van der Waals surface area (Å²) in [6, 6.07) is 3.23. The second kappa shape index (κ2) is 5.96. The number of hydrogen-bond acceptors (Lipinski definition) is 5. The van der Waals surface area contributed by atoms with E-state index >= 15 is 0 Å². The van der Waals surface area contributed by atoms with Crippen LogP contribution in [0.15, 0.2) is 23.4 Å². The first kappa shape index (κ1) is 14.4. The third-order valence-electron chi connectivity index (χ3n) is 3.24. The number of pyridine rings is 1. The molecule has 19 heavy (non-hydrogen) atoms. The van der Waals surface area contributed by atoms with Crippen molar-refractivity contribution in [1.29, 1.82) is 0 Å². The van der Waals surface area contributed by atoms with E-state index in [1.165, 1.54) is 4.31 Å². The highest BCUT2D eigenvalue weighted by Gasteiger charge is 2.31. The van der Waals surface area contributed by atoms with Crippen molar-refractivity contribution < 1.29 is 13.2 Å². The van der Waals surface area contributed by atoms with E-state index in [0.29, 0.717) is 19.8 Å². The van der Waals surface area contributed by atoms with Gasteiger partial charge in [-0.3, -0.25) is 0 Å². The molecule has 1 aromatic heterocycles. The summed E-state index contributed by atoms with van der Waals surface area (Å²) in [5.41, 5.74) is 0.952. The fourth-order valence-corrected chi connectivity index (χ4v) is 3.30. The predicted molar refractivity (Wildman–Crippen MR) is 71.2 cm³/mol. The second-order valence-corrected chi connectivity index (χ2v) is 6.52. The highest BCUT2D eigenvalue weighted by molar-refractivity contribution is 7.89. The van der Waals surface area contributed by atoms with Crippen molar-refractivity contribution in [3.63, 3.8) is 0 Å². The number of aromatic nitrogens is 1. The summed E-state index contributed by atoms with van der Waals surface area (Å²) in [6.07, 6.45) is 2.32. The molecule has 106 valence electrons. The van der Waals surface area contributed by atoms with Crippen molar-refractivity contribution in [3.8, 4) is 0 Å². The van der Waals surface area contributed by atoms with Gasteiger partial charge < -0.3 is 10.1 Å². The minimum Gasteiger partial charge on any atom is -0.380 e. The third kappa shape index (κ3) is 3.11. The topological polar surface area (TPSA) is 71.5 Å². The maximum atomic E-state index is 12.4. The highest BCUT2D eigenvalue weighted by Crippen LogP contribution is 2.19. The van der Waals surface area contributed by atoms with Crippen molar-refractivity contribution in [2.24, 2.45) is 0 Å². The number of sulfonamides is 1. The van der Waals surface area contributed by atoms with Gasteiger partial charge in [0, 0.05) is 26.4 Å². The molecular weight excluding hydrogens is 266 g/mol. The number of hydrogen-bond donors (Lipinski definition) is 1. The number of nitrogens with one attached hydrogen (secondary N) is 1. The Bertz CT molecular complexity index is 510. The number of nitrogens with zero attached hydrogens (tertiary/aromatic N) is 2. The van der Waals surface area contributed by atoms with E-state index in [2.05, 4.69) is 10.3 Å². The molecule has 0 amide bonds. The smallest absolute Gasteiger partial charge is 0.260 e. The van der Waals surface area contributed by atoms with Gasteiger partial charge in [0.05, 0.1) is 12.6 Å². The number of likely N-dealkylation sites (N-methyl/N-ethyl adjacent to an activating group) is 1. The van der Waals surface area contributed by atoms with Crippen LogP contribution in [-0.2, 0) is 21.3 Å². The predicted octanol–water partition coefficient (Wildman–Crippen LogP) is 0.210. The molecule has 0 bridgehead atoms. The van der Waals surface area contributed by atoms with Crippen LogP contribution in [0.1, 0.15) is 12.0 Å². The van der Waals surface area contributed by atoms with Crippen LogP contribution in [0.5, 0.6) is 0 Å². The maximum absolute atomic E-state index is 12.4. The lowest BCUT2D eigenvalue weighted by atomic mass is 10.3. The zero-order valence-corrected chi connectivity index (χ0v) is 12.0. The summed E-state index contributed by atoms with van der Waals surface area (Å²) in [5, 5.41) is 3.08. The molecular formula is C12H19N3O3S. The molecule has 0 aromatic carbocycles. The summed E-state index contributed by atoms with van der Waals surface area (Å²) in [5.74, 6) is 0. The zero-order valence-electron chi connectivity index (χ0n) is 11.2. The van der Waals surface area contributed by atoms with Crippen LogP contribution in [-0.4, -0.2) is 51.1 Å². The van der Waals surface area contributed by atoms with Crippen molar-refractivity contribution in [2.75, 3.05) is 27.3 Å². The summed E-state index contributed by atoms with van der Waals surface area (Å²) in [7, 11) is -0.119. The van der Waals surface area contributed by atoms with Crippen molar-refractivity contribution in [2.45, 2.75) is 24.0 Å². The minimum atomic E-state index is -3.53. The average Bonchev–Trinajstić information content (AvgIpc) is 2.92. The molecule has 1 aliphatic rings. The molecule has 7 heteroatoms. The Hall–Kier alpha value is -1.02. The maximum Gasteiger partial charge on any atom is 0.260 e. The van der Waals surface area contributed by atoms with Gasteiger partial charge in [0.1, 0.15) is 0 Å². The zero-order chi connectivity index (χ0) is 13.9. The van der Waals surface area contributed by atoms with Crippen LogP contribution in [0.25, 0.3) is 0 Å². The largest absolute Gasteiger partial charge is 0.380 e. The van der Waals surface area contributed by atoms with Crippen LogP contribution < -0.4 is 5.32 Å². The van der Waals surface area contributed by atoms with Crippen LogP contribution >= 0.6 is 0 Å². The molecule has 1 aliphatic heterocycles. The van der Waals surface area contributed by atoms with E-state index in [-0.39, 0.29) is 11.1 Å². The normalized spacial score (nSPS) is 20.1. The van der Waals surface area contributed by atoms with Crippen LogP contribution in [0.3, 0.4) is 0 Å². The van der Waals surface area contributed by atoms with Gasteiger partial charge in [0.2, 0.25) is 0 Å². The van der Waals surface area contributed by atoms with E-state index in [9.17, 15) is 8.42 Å². The molecule has 1 unspecified atom stereocenters. The first-order chi connectivity index (χ1) is 9.05. The van der Waals surface area contributed by atoms with E-state index in [4.69, 9.17) is 4.74 Å². The lowest BCUT2D eigenvalue weighted by Gasteiger charge is -2.21. The fourth-order valence-electron chi connectivity index (χ4n) is 2.02. The Morgan fingerprint density at radius 2 is 2.32 bits per heavy atom. The van der Waals surface area contributed by atoms with E-state index < -0.39 is 10.0 Å². The molecule has 1 fully saturated rings. The van der Waals surface area contributed by atoms with Crippen LogP contribution in [0.4, 0.5) is 0 Å². The lowest BCUT2D eigenvalue weighted by Crippen LogP contribution is -2.37. The Morgan fingerprint density at radius 3 is 2.84 bits per heavy atom. The molecule has 0 radical (unpaired) electrons. The van der Waals surface area contributed by atoms with Gasteiger partial charge in [-0.25, -0.2) is 13.4 Å². The minimum absolute atomic E-state index is 0.0850. The molecule has 0 aliphatic carbocycles. The van der Waals surface area contributed by atoms with E-state index in [1.54, 1.807) is 25.4 Å². The molecule has 0 spiro atoms. The van der Waals surface area contributed by atoms with Gasteiger partial charge in [-0.15, -0.1) is 0 Å². The molecule has 2 rings (SSSR count). The number of rotatable bonds is 5. The first-order valence-corrected chi connectivity index (χ1v) is 7.65. The highest BCUT2D eigenvalue weighted by atomic mass is 32.2. The third-order valence-corrected chi connectivity index (χ3v) is 5.07. The van der Waals surface area contributed by atoms with Gasteiger partial charge >= 0.3 is 0 Å². The average molecular weight is 285 g/mol. The summed E-state index contributed by atoms with van der Waals surface area (Å²) in [6.45, 7) is 1.73. The SMILES string of the molecule is CNCc1ccc(S(=O)(=O)N(C)C2CCOC2)nc1. The fraction of sp³-hybridized carbons (Fsp3) is 0.583. The van der Waals surface area contributed by atoms with Gasteiger partial charge in [0.25, 0.3) is 10.0 Å². The van der Waals surface area contributed by atoms with E-state index in [0.717, 1.165) is 12.0 Å². The van der Waals surface area contributed by atoms with Crippen molar-refractivity contribution in [1.82, 2.24) is 14.6 Å². The van der Waals surface area contributed by atoms with Gasteiger partial charge in [-0.2, -0.15) is 4.31 Å². The molecule has 0 saturated carbocycles. The number of ether oxygens (including phenoxy) is 1. The quantitative estimate of drug-likeness (QED) is 0.837. The molecule has 6 nitrogen and oxygen atoms in total. The lowest BCUT2D eigenvalue weighted by molar-refractivity contribution is 0.180. The monoisotopic (exact) mass is 285 g/mol.